The summed E-state index contributed by atoms with van der Waals surface area (Å²) in [4.78, 5) is 52.0. The molecule has 2 fully saturated rings. The van der Waals surface area contributed by atoms with E-state index in [0.29, 0.717) is 49.1 Å². The molecule has 4 heterocycles. The normalized spacial score (nSPS) is 21.3. The quantitative estimate of drug-likeness (QED) is 0.245. The van der Waals surface area contributed by atoms with Gasteiger partial charge in [-0.05, 0) is 93.5 Å². The van der Waals surface area contributed by atoms with Crippen LogP contribution in [0.15, 0.2) is 88.6 Å². The Morgan fingerprint density at radius 2 is 1.64 bits per heavy atom. The molecule has 5 aromatic rings. The van der Waals surface area contributed by atoms with Crippen LogP contribution < -0.4 is 21.9 Å². The third kappa shape index (κ3) is 7.01. The lowest BCUT2D eigenvalue weighted by molar-refractivity contribution is 0.0916. The molecule has 3 aromatic heterocycles. The number of amides is 1. The number of hydrogen-bond donors (Lipinski definition) is 2. The number of benzene rings is 2. The van der Waals surface area contributed by atoms with E-state index >= 15 is 0 Å². The molecule has 2 N–H and O–H groups in total. The lowest BCUT2D eigenvalue weighted by Gasteiger charge is -2.36. The molecule has 1 amide bonds. The highest BCUT2D eigenvalue weighted by Crippen LogP contribution is 2.29. The Bertz CT molecular complexity index is 2140. The molecule has 1 saturated carbocycles. The predicted octanol–water partition coefficient (Wildman–Crippen LogP) is 5.15. The summed E-state index contributed by atoms with van der Waals surface area (Å²) < 4.78 is 17.2. The van der Waals surface area contributed by atoms with Crippen LogP contribution in [0, 0.1) is 12.7 Å². The monoisotopic (exact) mass is 675 g/mol. The van der Waals surface area contributed by atoms with Crippen molar-refractivity contribution in [1.29, 1.82) is 0 Å². The largest absolute Gasteiger partial charge is 0.348 e. The average molecular weight is 676 g/mol. The minimum absolute atomic E-state index is 0.0388. The first-order valence-corrected chi connectivity index (χ1v) is 17.4. The fraction of sp³-hybridized carbons (Fsp3) is 0.359. The van der Waals surface area contributed by atoms with Crippen molar-refractivity contribution in [2.75, 3.05) is 13.1 Å². The SMILES string of the molecule is Cc1cccc(C(=O)NC2CCC(n3c(=O)c4cc(F)cnc4n(-c4cccc(-c5ccc(CN6C[C@@H](C)N[C@@H](C)C6)cc5)c4)c3=O)CC2)n1. The number of carbonyl (C=O) groups is 1. The van der Waals surface area contributed by atoms with Gasteiger partial charge in [0.05, 0.1) is 17.3 Å². The van der Waals surface area contributed by atoms with E-state index < -0.39 is 23.1 Å². The van der Waals surface area contributed by atoms with E-state index in [1.807, 2.05) is 31.2 Å². The van der Waals surface area contributed by atoms with Gasteiger partial charge in [-0.25, -0.2) is 23.7 Å². The molecule has 2 aromatic carbocycles. The van der Waals surface area contributed by atoms with Gasteiger partial charge in [0.25, 0.3) is 11.5 Å². The zero-order valence-corrected chi connectivity index (χ0v) is 28.6. The first kappa shape index (κ1) is 33.5. The molecule has 1 saturated heterocycles. The number of aromatic nitrogens is 4. The summed E-state index contributed by atoms with van der Waals surface area (Å²) in [6.45, 7) is 9.13. The lowest BCUT2D eigenvalue weighted by Crippen LogP contribution is -2.53. The highest BCUT2D eigenvalue weighted by atomic mass is 19.1. The molecule has 1 aliphatic heterocycles. The number of piperazine rings is 1. The lowest BCUT2D eigenvalue weighted by atomic mass is 9.90. The van der Waals surface area contributed by atoms with Gasteiger partial charge in [0, 0.05) is 49.5 Å². The molecule has 7 rings (SSSR count). The van der Waals surface area contributed by atoms with Crippen molar-refractivity contribution >= 4 is 16.9 Å². The first-order chi connectivity index (χ1) is 24.1. The number of halogens is 1. The second-order valence-corrected chi connectivity index (χ2v) is 13.9. The van der Waals surface area contributed by atoms with Crippen LogP contribution in [0.4, 0.5) is 4.39 Å². The maximum absolute atomic E-state index is 14.5. The molecule has 1 aliphatic carbocycles. The molecule has 0 radical (unpaired) electrons. The molecule has 2 atom stereocenters. The van der Waals surface area contributed by atoms with E-state index in [0.717, 1.165) is 48.7 Å². The third-order valence-electron chi connectivity index (χ3n) is 9.84. The Morgan fingerprint density at radius 1 is 0.920 bits per heavy atom. The molecule has 10 nitrogen and oxygen atoms in total. The minimum atomic E-state index is -0.652. The minimum Gasteiger partial charge on any atom is -0.348 e. The summed E-state index contributed by atoms with van der Waals surface area (Å²) in [6.07, 6.45) is 3.17. The molecule has 0 bridgehead atoms. The van der Waals surface area contributed by atoms with Crippen molar-refractivity contribution in [3.05, 3.63) is 123 Å². The maximum Gasteiger partial charge on any atom is 0.337 e. The Morgan fingerprint density at radius 3 is 2.36 bits per heavy atom. The van der Waals surface area contributed by atoms with Gasteiger partial charge in [-0.3, -0.25) is 19.1 Å². The van der Waals surface area contributed by atoms with E-state index in [1.165, 1.54) is 14.7 Å². The number of hydrogen-bond acceptors (Lipinski definition) is 7. The van der Waals surface area contributed by atoms with Gasteiger partial charge >= 0.3 is 5.69 Å². The van der Waals surface area contributed by atoms with Crippen molar-refractivity contribution in [1.82, 2.24) is 34.6 Å². The van der Waals surface area contributed by atoms with Gasteiger partial charge in [0.2, 0.25) is 0 Å². The topological polar surface area (TPSA) is 114 Å². The van der Waals surface area contributed by atoms with Crippen LogP contribution in [-0.4, -0.2) is 61.1 Å². The summed E-state index contributed by atoms with van der Waals surface area (Å²) in [5, 5.41) is 6.67. The second kappa shape index (κ2) is 14.1. The standard InChI is InChI=1S/C39H42FN7O3/c1-24-6-4-9-35(43-24)37(48)44-31-14-16-32(17-15-31)47-38(49)34-19-30(40)20-41-36(34)46(39(47)50)33-8-5-7-29(18-33)28-12-10-27(11-13-28)23-45-21-25(2)42-26(3)22-45/h4-13,18-20,25-26,31-32,42H,14-17,21-23H2,1-3H3,(H,44,48)/t25-,26+,31?,32?. The van der Waals surface area contributed by atoms with Gasteiger partial charge in [0.15, 0.2) is 5.65 Å². The third-order valence-corrected chi connectivity index (χ3v) is 9.84. The highest BCUT2D eigenvalue weighted by Gasteiger charge is 2.28. The zero-order chi connectivity index (χ0) is 34.9. The van der Waals surface area contributed by atoms with E-state index in [2.05, 4.69) is 63.6 Å². The Balaban J connectivity index is 1.16. The van der Waals surface area contributed by atoms with Crippen LogP contribution >= 0.6 is 0 Å². The molecule has 0 unspecified atom stereocenters. The summed E-state index contributed by atoms with van der Waals surface area (Å²) in [7, 11) is 0. The Hall–Kier alpha value is -5.00. The fourth-order valence-electron chi connectivity index (χ4n) is 7.60. The zero-order valence-electron chi connectivity index (χ0n) is 28.6. The number of nitrogens with one attached hydrogen (secondary N) is 2. The number of carbonyl (C=O) groups excluding carboxylic acids is 1. The smallest absolute Gasteiger partial charge is 0.337 e. The van der Waals surface area contributed by atoms with Gasteiger partial charge in [0.1, 0.15) is 11.5 Å². The van der Waals surface area contributed by atoms with Crippen LogP contribution in [0.3, 0.4) is 0 Å². The van der Waals surface area contributed by atoms with E-state index in [4.69, 9.17) is 0 Å². The molecular weight excluding hydrogens is 633 g/mol. The van der Waals surface area contributed by atoms with Crippen LogP contribution in [0.2, 0.25) is 0 Å². The molecule has 11 heteroatoms. The van der Waals surface area contributed by atoms with Crippen molar-refractivity contribution in [2.45, 2.75) is 77.2 Å². The van der Waals surface area contributed by atoms with Gasteiger partial charge < -0.3 is 10.6 Å². The van der Waals surface area contributed by atoms with Crippen LogP contribution in [0.1, 0.15) is 67.3 Å². The molecular formula is C39H42FN7O3. The Labute approximate surface area is 290 Å². The van der Waals surface area contributed by atoms with Crippen molar-refractivity contribution in [2.24, 2.45) is 0 Å². The average Bonchev–Trinajstić information content (AvgIpc) is 3.09. The van der Waals surface area contributed by atoms with E-state index in [1.54, 1.807) is 18.2 Å². The summed E-state index contributed by atoms with van der Waals surface area (Å²) in [5.74, 6) is -0.900. The van der Waals surface area contributed by atoms with Crippen LogP contribution in [0.25, 0.3) is 27.8 Å². The molecule has 258 valence electrons. The van der Waals surface area contributed by atoms with Gasteiger partial charge in [-0.15, -0.1) is 0 Å². The predicted molar refractivity (Wildman–Crippen MR) is 192 cm³/mol. The van der Waals surface area contributed by atoms with Crippen molar-refractivity contribution in [3.63, 3.8) is 0 Å². The Kier molecular flexibility index (Phi) is 9.44. The summed E-state index contributed by atoms with van der Waals surface area (Å²) in [6, 6.07) is 22.8. The molecule has 2 aliphatic rings. The number of rotatable bonds is 7. The molecule has 0 spiro atoms. The van der Waals surface area contributed by atoms with Gasteiger partial charge in [-0.1, -0.05) is 42.5 Å². The van der Waals surface area contributed by atoms with Crippen LogP contribution in [-0.2, 0) is 6.54 Å². The van der Waals surface area contributed by atoms with E-state index in [9.17, 15) is 18.8 Å². The van der Waals surface area contributed by atoms with Crippen LogP contribution in [0.5, 0.6) is 0 Å². The summed E-state index contributed by atoms with van der Waals surface area (Å²) >= 11 is 0. The van der Waals surface area contributed by atoms with Crippen molar-refractivity contribution in [3.8, 4) is 16.8 Å². The highest BCUT2D eigenvalue weighted by molar-refractivity contribution is 5.92. The summed E-state index contributed by atoms with van der Waals surface area (Å²) in [5.41, 5.74) is 3.78. The second-order valence-electron chi connectivity index (χ2n) is 13.9. The molecule has 50 heavy (non-hydrogen) atoms. The van der Waals surface area contributed by atoms with E-state index in [-0.39, 0.29) is 23.0 Å². The number of fused-ring (bicyclic) bond motifs is 1. The van der Waals surface area contributed by atoms with Gasteiger partial charge in [-0.2, -0.15) is 0 Å². The number of nitrogens with zero attached hydrogens (tertiary/aromatic N) is 5. The first-order valence-electron chi connectivity index (χ1n) is 17.4. The maximum atomic E-state index is 14.5. The number of pyridine rings is 2. The van der Waals surface area contributed by atoms with Crippen molar-refractivity contribution < 1.29 is 9.18 Å². The number of aryl methyl sites for hydroxylation is 1. The fourth-order valence-corrected chi connectivity index (χ4v) is 7.60.